The fourth-order valence-corrected chi connectivity index (χ4v) is 4.07. The minimum atomic E-state index is -3.76. The molecule has 1 aromatic rings. The van der Waals surface area contributed by atoms with Crippen LogP contribution in [0.1, 0.15) is 30.6 Å². The fourth-order valence-electron chi connectivity index (χ4n) is 3.05. The van der Waals surface area contributed by atoms with Crippen LogP contribution < -0.4 is 0 Å². The van der Waals surface area contributed by atoms with E-state index in [1.54, 1.807) is 12.1 Å². The highest BCUT2D eigenvalue weighted by Crippen LogP contribution is 2.23. The number of hydrogen-bond donors (Lipinski definition) is 0. The van der Waals surface area contributed by atoms with Crippen molar-refractivity contribution < 1.29 is 18.0 Å². The van der Waals surface area contributed by atoms with Crippen molar-refractivity contribution in [2.75, 3.05) is 27.2 Å². The average Bonchev–Trinajstić information content (AvgIpc) is 2.52. The first-order valence-electron chi connectivity index (χ1n) is 7.68. The number of benzene rings is 1. The third-order valence-corrected chi connectivity index (χ3v) is 5.81. The molecule has 2 unspecified atom stereocenters. The Hall–Kier alpha value is -1.44. The number of nitrogens with zero attached hydrogens (tertiary/aromatic N) is 2. The Morgan fingerprint density at radius 3 is 2.43 bits per heavy atom. The van der Waals surface area contributed by atoms with Gasteiger partial charge in [-0.25, -0.2) is 8.42 Å². The van der Waals surface area contributed by atoms with E-state index < -0.39 is 10.0 Å². The van der Waals surface area contributed by atoms with Gasteiger partial charge in [-0.05, 0) is 36.5 Å². The van der Waals surface area contributed by atoms with Gasteiger partial charge in [0.25, 0.3) is 15.9 Å². The van der Waals surface area contributed by atoms with Crippen molar-refractivity contribution in [3.8, 4) is 0 Å². The van der Waals surface area contributed by atoms with E-state index in [1.807, 2.05) is 4.90 Å². The van der Waals surface area contributed by atoms with Crippen LogP contribution in [0.5, 0.6) is 0 Å². The number of amides is 1. The van der Waals surface area contributed by atoms with Crippen LogP contribution in [0.4, 0.5) is 0 Å². The number of sulfonamides is 1. The van der Waals surface area contributed by atoms with Gasteiger partial charge in [0, 0.05) is 25.7 Å². The van der Waals surface area contributed by atoms with E-state index >= 15 is 0 Å². The van der Waals surface area contributed by atoms with Crippen molar-refractivity contribution in [3.63, 3.8) is 0 Å². The minimum absolute atomic E-state index is 0.0470. The van der Waals surface area contributed by atoms with Gasteiger partial charge in [-0.2, -0.15) is 0 Å². The van der Waals surface area contributed by atoms with Crippen LogP contribution in [0, 0.1) is 11.8 Å². The van der Waals surface area contributed by atoms with Gasteiger partial charge in [-0.1, -0.05) is 24.4 Å². The van der Waals surface area contributed by atoms with Gasteiger partial charge in [0.2, 0.25) is 0 Å². The highest BCUT2D eigenvalue weighted by atomic mass is 32.2. The molecule has 2 rings (SSSR count). The summed E-state index contributed by atoms with van der Waals surface area (Å²) in [5, 5.41) is 0. The summed E-state index contributed by atoms with van der Waals surface area (Å²) in [6.07, 6.45) is 1.11. The number of rotatable bonds is 4. The third-order valence-electron chi connectivity index (χ3n) is 4.13. The largest absolute Gasteiger partial charge is 0.338 e. The topological polar surface area (TPSA) is 66.9 Å². The molecule has 1 amide bonds. The zero-order valence-electron chi connectivity index (χ0n) is 14.0. The predicted molar refractivity (Wildman–Crippen MR) is 87.2 cm³/mol. The summed E-state index contributed by atoms with van der Waals surface area (Å²) in [5.74, 6) is 0.781. The summed E-state index contributed by atoms with van der Waals surface area (Å²) >= 11 is 0. The van der Waals surface area contributed by atoms with E-state index in [0.717, 1.165) is 10.9 Å². The van der Waals surface area contributed by atoms with Crippen LogP contribution in [0.3, 0.4) is 0 Å². The first kappa shape index (κ1) is 17.9. The quantitative estimate of drug-likeness (QED) is 0.786. The van der Waals surface area contributed by atoms with Crippen molar-refractivity contribution >= 4 is 15.9 Å². The summed E-state index contributed by atoms with van der Waals surface area (Å²) in [4.78, 5) is 19.3. The lowest BCUT2D eigenvalue weighted by Crippen LogP contribution is -2.42. The Labute approximate surface area is 138 Å². The molecule has 23 heavy (non-hydrogen) atoms. The first-order valence-corrected chi connectivity index (χ1v) is 9.12. The van der Waals surface area contributed by atoms with E-state index in [0.29, 0.717) is 30.5 Å². The van der Waals surface area contributed by atoms with Crippen molar-refractivity contribution in [3.05, 3.63) is 29.8 Å². The number of carbonyl (C=O) groups excluding carboxylic acids is 1. The molecule has 7 heteroatoms. The fraction of sp³-hybridized carbons (Fsp3) is 0.562. The SMILES string of the molecule is CON(C)S(=O)(=O)c1cccc(C(=O)N2CC(C)CC(C)C2)c1. The van der Waals surface area contributed by atoms with Gasteiger partial charge in [0.15, 0.2) is 0 Å². The molecular formula is C16H24N2O4S. The second kappa shape index (κ2) is 6.98. The third kappa shape index (κ3) is 3.91. The molecule has 0 aliphatic carbocycles. The van der Waals surface area contributed by atoms with Crippen LogP contribution in [0.25, 0.3) is 0 Å². The van der Waals surface area contributed by atoms with E-state index in [9.17, 15) is 13.2 Å². The Morgan fingerprint density at radius 2 is 1.87 bits per heavy atom. The molecule has 128 valence electrons. The molecule has 1 aliphatic heterocycles. The minimum Gasteiger partial charge on any atom is -0.338 e. The number of hydrogen-bond acceptors (Lipinski definition) is 4. The van der Waals surface area contributed by atoms with Gasteiger partial charge in [0.1, 0.15) is 0 Å². The molecule has 0 saturated carbocycles. The highest BCUT2D eigenvalue weighted by Gasteiger charge is 2.27. The second-order valence-corrected chi connectivity index (χ2v) is 8.22. The molecule has 0 N–H and O–H groups in total. The summed E-state index contributed by atoms with van der Waals surface area (Å²) in [7, 11) is -1.16. The normalized spacial score (nSPS) is 22.4. The number of hydroxylamine groups is 1. The molecule has 0 spiro atoms. The maximum Gasteiger partial charge on any atom is 0.264 e. The van der Waals surface area contributed by atoms with E-state index in [4.69, 9.17) is 4.84 Å². The summed E-state index contributed by atoms with van der Waals surface area (Å²) in [6, 6.07) is 6.11. The molecule has 1 aromatic carbocycles. The lowest BCUT2D eigenvalue weighted by atomic mass is 9.91. The predicted octanol–water partition coefficient (Wildman–Crippen LogP) is 1.99. The molecule has 1 heterocycles. The van der Waals surface area contributed by atoms with Crippen molar-refractivity contribution in [2.45, 2.75) is 25.2 Å². The molecular weight excluding hydrogens is 316 g/mol. The molecule has 1 fully saturated rings. The van der Waals surface area contributed by atoms with E-state index in [-0.39, 0.29) is 10.8 Å². The highest BCUT2D eigenvalue weighted by molar-refractivity contribution is 7.89. The van der Waals surface area contributed by atoms with Gasteiger partial charge >= 0.3 is 0 Å². The molecule has 1 aliphatic rings. The maximum atomic E-state index is 12.7. The van der Waals surface area contributed by atoms with Gasteiger partial charge in [-0.15, -0.1) is 0 Å². The second-order valence-electron chi connectivity index (χ2n) is 6.28. The number of carbonyl (C=O) groups is 1. The van der Waals surface area contributed by atoms with Gasteiger partial charge in [0.05, 0.1) is 12.0 Å². The lowest BCUT2D eigenvalue weighted by Gasteiger charge is -2.35. The number of piperidine rings is 1. The van der Waals surface area contributed by atoms with E-state index in [2.05, 4.69) is 13.8 Å². The van der Waals surface area contributed by atoms with Crippen LogP contribution in [-0.2, 0) is 14.9 Å². The Morgan fingerprint density at radius 1 is 1.26 bits per heavy atom. The van der Waals surface area contributed by atoms with Crippen LogP contribution in [0.15, 0.2) is 29.2 Å². The summed E-state index contributed by atoms with van der Waals surface area (Å²) in [5.41, 5.74) is 0.386. The maximum absolute atomic E-state index is 12.7. The lowest BCUT2D eigenvalue weighted by molar-refractivity contribution is -0.0258. The molecule has 6 nitrogen and oxygen atoms in total. The van der Waals surface area contributed by atoms with Crippen molar-refractivity contribution in [1.29, 1.82) is 0 Å². The summed E-state index contributed by atoms with van der Waals surface area (Å²) < 4.78 is 25.4. The van der Waals surface area contributed by atoms with Crippen LogP contribution in [-0.4, -0.2) is 50.9 Å². The first-order chi connectivity index (χ1) is 10.8. The number of likely N-dealkylation sites (tertiary alicyclic amines) is 1. The Kier molecular flexibility index (Phi) is 5.44. The average molecular weight is 340 g/mol. The molecule has 1 saturated heterocycles. The molecule has 0 bridgehead atoms. The molecule has 0 radical (unpaired) electrons. The zero-order valence-corrected chi connectivity index (χ0v) is 14.8. The van der Waals surface area contributed by atoms with Crippen LogP contribution in [0.2, 0.25) is 0 Å². The standard InChI is InChI=1S/C16H24N2O4S/c1-12-8-13(2)11-18(10-12)16(19)14-6-5-7-15(9-14)23(20,21)17(3)22-4/h5-7,9,12-13H,8,10-11H2,1-4H3. The smallest absolute Gasteiger partial charge is 0.264 e. The molecule has 2 atom stereocenters. The van der Waals surface area contributed by atoms with Crippen LogP contribution >= 0.6 is 0 Å². The van der Waals surface area contributed by atoms with Gasteiger partial charge in [-0.3, -0.25) is 9.63 Å². The molecule has 0 aromatic heterocycles. The van der Waals surface area contributed by atoms with Crippen molar-refractivity contribution in [1.82, 2.24) is 9.37 Å². The Bertz CT molecular complexity index is 664. The van der Waals surface area contributed by atoms with E-state index in [1.165, 1.54) is 26.3 Å². The zero-order chi connectivity index (χ0) is 17.2. The summed E-state index contributed by atoms with van der Waals surface area (Å²) in [6.45, 7) is 5.67. The Balaban J connectivity index is 2.28. The van der Waals surface area contributed by atoms with Crippen molar-refractivity contribution in [2.24, 2.45) is 11.8 Å². The van der Waals surface area contributed by atoms with Gasteiger partial charge < -0.3 is 4.90 Å². The monoisotopic (exact) mass is 340 g/mol.